The molecule has 0 saturated carbocycles. The maximum Gasteiger partial charge on any atom is 0.224 e. The molecule has 1 aromatic carbocycles. The van der Waals surface area contributed by atoms with Gasteiger partial charge in [-0.1, -0.05) is 12.1 Å². The summed E-state index contributed by atoms with van der Waals surface area (Å²) in [6.07, 6.45) is 7.28. The van der Waals surface area contributed by atoms with Gasteiger partial charge in [0.25, 0.3) is 0 Å². The van der Waals surface area contributed by atoms with Gasteiger partial charge in [0, 0.05) is 38.1 Å². The van der Waals surface area contributed by atoms with Crippen LogP contribution in [-0.2, 0) is 17.9 Å². The van der Waals surface area contributed by atoms with Crippen LogP contribution in [0.3, 0.4) is 0 Å². The number of likely N-dealkylation sites (tertiary alicyclic amines) is 1. The van der Waals surface area contributed by atoms with E-state index in [2.05, 4.69) is 15.2 Å². The maximum atomic E-state index is 13.3. The van der Waals surface area contributed by atoms with Gasteiger partial charge in [0.2, 0.25) is 5.91 Å². The number of nitrogens with one attached hydrogen (secondary N) is 1. The summed E-state index contributed by atoms with van der Waals surface area (Å²) in [6, 6.07) is 6.74. The molecule has 2 aromatic rings. The molecule has 5 nitrogen and oxygen atoms in total. The molecule has 0 aliphatic carbocycles. The molecule has 1 aromatic heterocycles. The largest absolute Gasteiger partial charge is 0.352 e. The summed E-state index contributed by atoms with van der Waals surface area (Å²) < 4.78 is 15.3. The molecule has 0 spiro atoms. The summed E-state index contributed by atoms with van der Waals surface area (Å²) >= 11 is 0. The smallest absolute Gasteiger partial charge is 0.224 e. The van der Waals surface area contributed by atoms with Gasteiger partial charge >= 0.3 is 0 Å². The second-order valence-electron chi connectivity index (χ2n) is 6.87. The van der Waals surface area contributed by atoms with Crippen molar-refractivity contribution in [2.45, 2.75) is 38.9 Å². The normalized spacial score (nSPS) is 19.5. The second-order valence-corrected chi connectivity index (χ2v) is 6.87. The summed E-state index contributed by atoms with van der Waals surface area (Å²) in [5.41, 5.74) is 0.953. The number of aromatic nitrogens is 2. The van der Waals surface area contributed by atoms with E-state index in [9.17, 15) is 9.18 Å². The highest BCUT2D eigenvalue weighted by Crippen LogP contribution is 2.19. The van der Waals surface area contributed by atoms with Crippen molar-refractivity contribution in [1.82, 2.24) is 19.8 Å². The molecule has 1 fully saturated rings. The van der Waals surface area contributed by atoms with Gasteiger partial charge in [-0.25, -0.2) is 9.37 Å². The van der Waals surface area contributed by atoms with Crippen LogP contribution in [0.25, 0.3) is 0 Å². The highest BCUT2D eigenvalue weighted by atomic mass is 19.1. The standard InChI is InChI=1S/C19H25FN4O/c1-15(11-24-9-7-21-14-24)22-19(25)17-5-3-8-23(13-17)12-16-4-2-6-18(20)10-16/h2,4,6-7,9-10,14-15,17H,3,5,8,11-13H2,1H3,(H,22,25)/t15-,17+/m1/s1. The van der Waals surface area contributed by atoms with Crippen molar-refractivity contribution in [2.24, 2.45) is 5.92 Å². The Balaban J connectivity index is 1.50. The molecule has 1 N–H and O–H groups in total. The third kappa shape index (κ3) is 5.13. The van der Waals surface area contributed by atoms with Crippen LogP contribution in [0.2, 0.25) is 0 Å². The van der Waals surface area contributed by atoms with Gasteiger partial charge in [0.1, 0.15) is 5.82 Å². The number of piperidine rings is 1. The van der Waals surface area contributed by atoms with Crippen LogP contribution < -0.4 is 5.32 Å². The molecule has 2 heterocycles. The van der Waals surface area contributed by atoms with Gasteiger partial charge in [-0.3, -0.25) is 9.69 Å². The first kappa shape index (κ1) is 17.6. The number of rotatable bonds is 6. The molecular weight excluding hydrogens is 319 g/mol. The Morgan fingerprint density at radius 1 is 1.48 bits per heavy atom. The van der Waals surface area contributed by atoms with Gasteiger partial charge in [-0.05, 0) is 44.0 Å². The van der Waals surface area contributed by atoms with Crippen LogP contribution >= 0.6 is 0 Å². The van der Waals surface area contributed by atoms with E-state index in [0.29, 0.717) is 13.1 Å². The second kappa shape index (κ2) is 8.25. The first-order valence-corrected chi connectivity index (χ1v) is 8.83. The molecule has 6 heteroatoms. The first-order chi connectivity index (χ1) is 12.1. The van der Waals surface area contributed by atoms with Crippen LogP contribution in [0.4, 0.5) is 4.39 Å². The number of halogens is 1. The molecule has 0 radical (unpaired) electrons. The number of carbonyl (C=O) groups excluding carboxylic acids is 1. The van der Waals surface area contributed by atoms with Crippen molar-refractivity contribution in [2.75, 3.05) is 13.1 Å². The van der Waals surface area contributed by atoms with Crippen molar-refractivity contribution in [3.05, 3.63) is 54.4 Å². The molecule has 25 heavy (non-hydrogen) atoms. The molecular formula is C19H25FN4O. The number of carbonyl (C=O) groups is 1. The number of benzene rings is 1. The molecule has 0 bridgehead atoms. The molecule has 1 saturated heterocycles. The fourth-order valence-corrected chi connectivity index (χ4v) is 3.42. The van der Waals surface area contributed by atoms with Crippen LogP contribution in [0.5, 0.6) is 0 Å². The number of hydrogen-bond acceptors (Lipinski definition) is 3. The lowest BCUT2D eigenvalue weighted by molar-refractivity contribution is -0.127. The first-order valence-electron chi connectivity index (χ1n) is 8.83. The van der Waals surface area contributed by atoms with Crippen molar-refractivity contribution in [1.29, 1.82) is 0 Å². The van der Waals surface area contributed by atoms with Crippen molar-refractivity contribution in [3.63, 3.8) is 0 Å². The van der Waals surface area contributed by atoms with E-state index >= 15 is 0 Å². The Kier molecular flexibility index (Phi) is 5.81. The lowest BCUT2D eigenvalue weighted by Crippen LogP contribution is -2.45. The average Bonchev–Trinajstić information content (AvgIpc) is 3.08. The van der Waals surface area contributed by atoms with E-state index < -0.39 is 0 Å². The molecule has 3 rings (SSSR count). The maximum absolute atomic E-state index is 13.3. The summed E-state index contributed by atoms with van der Waals surface area (Å²) in [5, 5.41) is 3.11. The van der Waals surface area contributed by atoms with E-state index in [1.54, 1.807) is 24.7 Å². The Hall–Kier alpha value is -2.21. The Morgan fingerprint density at radius 2 is 2.36 bits per heavy atom. The van der Waals surface area contributed by atoms with Crippen LogP contribution in [0.1, 0.15) is 25.3 Å². The lowest BCUT2D eigenvalue weighted by Gasteiger charge is -2.32. The molecule has 2 atom stereocenters. The number of imidazole rings is 1. The van der Waals surface area contributed by atoms with E-state index in [4.69, 9.17) is 0 Å². The van der Waals surface area contributed by atoms with E-state index in [0.717, 1.165) is 31.5 Å². The number of amides is 1. The molecule has 1 amide bonds. The quantitative estimate of drug-likeness (QED) is 0.876. The van der Waals surface area contributed by atoms with Crippen molar-refractivity contribution < 1.29 is 9.18 Å². The predicted molar refractivity (Wildman–Crippen MR) is 94.2 cm³/mol. The van der Waals surface area contributed by atoms with Gasteiger partial charge in [0.05, 0.1) is 12.2 Å². The molecule has 1 aliphatic rings. The Morgan fingerprint density at radius 3 is 3.12 bits per heavy atom. The van der Waals surface area contributed by atoms with Crippen molar-refractivity contribution >= 4 is 5.91 Å². The third-order valence-corrected chi connectivity index (χ3v) is 4.60. The minimum Gasteiger partial charge on any atom is -0.352 e. The zero-order chi connectivity index (χ0) is 17.6. The molecule has 0 unspecified atom stereocenters. The summed E-state index contributed by atoms with van der Waals surface area (Å²) in [4.78, 5) is 18.8. The van der Waals surface area contributed by atoms with Crippen LogP contribution in [0, 0.1) is 11.7 Å². The van der Waals surface area contributed by atoms with E-state index in [1.165, 1.54) is 6.07 Å². The summed E-state index contributed by atoms with van der Waals surface area (Å²) in [7, 11) is 0. The highest BCUT2D eigenvalue weighted by molar-refractivity contribution is 5.79. The SMILES string of the molecule is C[C@H](Cn1ccnc1)NC(=O)[C@H]1CCCN(Cc2cccc(F)c2)C1. The Bertz CT molecular complexity index is 688. The van der Waals surface area contributed by atoms with Crippen LogP contribution in [0.15, 0.2) is 43.0 Å². The predicted octanol–water partition coefficient (Wildman–Crippen LogP) is 2.44. The van der Waals surface area contributed by atoms with Gasteiger partial charge < -0.3 is 9.88 Å². The average molecular weight is 344 g/mol. The number of hydrogen-bond donors (Lipinski definition) is 1. The highest BCUT2D eigenvalue weighted by Gasteiger charge is 2.26. The fourth-order valence-electron chi connectivity index (χ4n) is 3.42. The fraction of sp³-hybridized carbons (Fsp3) is 0.474. The third-order valence-electron chi connectivity index (χ3n) is 4.60. The van der Waals surface area contributed by atoms with Gasteiger partial charge in [-0.15, -0.1) is 0 Å². The molecule has 134 valence electrons. The van der Waals surface area contributed by atoms with E-state index in [-0.39, 0.29) is 23.7 Å². The topological polar surface area (TPSA) is 50.2 Å². The molecule has 1 aliphatic heterocycles. The van der Waals surface area contributed by atoms with Crippen molar-refractivity contribution in [3.8, 4) is 0 Å². The monoisotopic (exact) mass is 344 g/mol. The minimum absolute atomic E-state index is 0.00690. The van der Waals surface area contributed by atoms with Gasteiger partial charge in [0.15, 0.2) is 0 Å². The Labute approximate surface area is 147 Å². The zero-order valence-corrected chi connectivity index (χ0v) is 14.6. The zero-order valence-electron chi connectivity index (χ0n) is 14.6. The summed E-state index contributed by atoms with van der Waals surface area (Å²) in [6.45, 7) is 5.08. The van der Waals surface area contributed by atoms with Gasteiger partial charge in [-0.2, -0.15) is 0 Å². The summed E-state index contributed by atoms with van der Waals surface area (Å²) in [5.74, 6) is -0.110. The van der Waals surface area contributed by atoms with E-state index in [1.807, 2.05) is 23.8 Å². The minimum atomic E-state index is -0.211. The van der Waals surface area contributed by atoms with Crippen LogP contribution in [-0.4, -0.2) is 39.5 Å². The number of nitrogens with zero attached hydrogens (tertiary/aromatic N) is 3. The lowest BCUT2D eigenvalue weighted by atomic mass is 9.96.